The second kappa shape index (κ2) is 5.17. The summed E-state index contributed by atoms with van der Waals surface area (Å²) in [6.07, 6.45) is 1.85. The third kappa shape index (κ3) is 2.35. The van der Waals surface area contributed by atoms with Crippen LogP contribution in [0.2, 0.25) is 0 Å². The molecular weight excluding hydrogens is 289 g/mol. The van der Waals surface area contributed by atoms with Crippen molar-refractivity contribution in [3.63, 3.8) is 0 Å². The third-order valence-corrected chi connectivity index (χ3v) is 4.57. The average molecular weight is 300 g/mol. The van der Waals surface area contributed by atoms with E-state index in [-0.39, 0.29) is 15.0 Å². The summed E-state index contributed by atoms with van der Waals surface area (Å²) in [5.41, 5.74) is 1.06. The first-order chi connectivity index (χ1) is 8.93. The van der Waals surface area contributed by atoms with Crippen LogP contribution in [0.1, 0.15) is 0 Å². The molecule has 0 radical (unpaired) electrons. The molecule has 0 bridgehead atoms. The first-order valence-corrected chi connectivity index (χ1v) is 7.34. The zero-order valence-electron chi connectivity index (χ0n) is 9.60. The predicted molar refractivity (Wildman–Crippen MR) is 72.8 cm³/mol. The number of nitrogens with zero attached hydrogens (tertiary/aromatic N) is 3. The molecule has 1 aromatic heterocycles. The summed E-state index contributed by atoms with van der Waals surface area (Å²) >= 11 is 0.223. The second-order valence-electron chi connectivity index (χ2n) is 3.73. The van der Waals surface area contributed by atoms with Gasteiger partial charge in [0.2, 0.25) is 0 Å². The Morgan fingerprint density at radius 1 is 0.833 bits per heavy atom. The van der Waals surface area contributed by atoms with Crippen molar-refractivity contribution in [3.05, 3.63) is 66.9 Å². The first-order valence-electron chi connectivity index (χ1n) is 5.62. The van der Waals surface area contributed by atoms with Gasteiger partial charge in [-0.25, -0.2) is 0 Å². The Bertz CT molecular complexity index is 620. The van der Waals surface area contributed by atoms with Gasteiger partial charge in [-0.3, -0.25) is 0 Å². The molecule has 0 aliphatic carbocycles. The van der Waals surface area contributed by atoms with Gasteiger partial charge < -0.3 is 0 Å². The molecule has 88 valence electrons. The van der Waals surface area contributed by atoms with Crippen LogP contribution < -0.4 is 9.05 Å². The van der Waals surface area contributed by atoms with Gasteiger partial charge >= 0.3 is 112 Å². The Balaban J connectivity index is 1.93. The van der Waals surface area contributed by atoms with Gasteiger partial charge in [0.1, 0.15) is 0 Å². The Morgan fingerprint density at radius 2 is 1.50 bits per heavy atom. The van der Waals surface area contributed by atoms with Crippen molar-refractivity contribution in [2.24, 2.45) is 0 Å². The number of rotatable bonds is 3. The summed E-state index contributed by atoms with van der Waals surface area (Å²) in [5.74, 6) is 0. The molecule has 3 nitrogen and oxygen atoms in total. The van der Waals surface area contributed by atoms with Crippen LogP contribution in [0.3, 0.4) is 0 Å². The number of hydrogen-bond acceptors (Lipinski definition) is 2. The molecule has 3 rings (SSSR count). The zero-order valence-corrected chi connectivity index (χ0v) is 11.3. The predicted octanol–water partition coefficient (Wildman–Crippen LogP) is 0.922. The summed E-state index contributed by atoms with van der Waals surface area (Å²) in [5, 5.41) is 8.19. The Morgan fingerprint density at radius 3 is 2.22 bits per heavy atom. The summed E-state index contributed by atoms with van der Waals surface area (Å²) < 4.78 is 4.39. The van der Waals surface area contributed by atoms with Crippen LogP contribution in [0, 0.1) is 0 Å². The maximum atomic E-state index is 4.16. The number of benzene rings is 2. The first kappa shape index (κ1) is 11.2. The molecule has 0 saturated carbocycles. The molecule has 0 N–H and O–H groups in total. The van der Waals surface area contributed by atoms with Crippen molar-refractivity contribution in [3.8, 4) is 5.69 Å². The molecule has 1 heterocycles. The van der Waals surface area contributed by atoms with Gasteiger partial charge in [0.15, 0.2) is 0 Å². The molecule has 3 aromatic rings. The fourth-order valence-electron chi connectivity index (χ4n) is 1.65. The van der Waals surface area contributed by atoms with Crippen molar-refractivity contribution in [2.75, 3.05) is 0 Å². The summed E-state index contributed by atoms with van der Waals surface area (Å²) in [7, 11) is 0. The molecular formula is C14H11N3Se. The monoisotopic (exact) mass is 301 g/mol. The van der Waals surface area contributed by atoms with Gasteiger partial charge in [0, 0.05) is 0 Å². The summed E-state index contributed by atoms with van der Waals surface area (Å²) in [6, 6.07) is 20.5. The molecule has 0 aliphatic heterocycles. The Kier molecular flexibility index (Phi) is 3.22. The van der Waals surface area contributed by atoms with Crippen molar-refractivity contribution in [1.29, 1.82) is 0 Å². The van der Waals surface area contributed by atoms with Crippen LogP contribution >= 0.6 is 0 Å². The molecule has 0 unspecified atom stereocenters. The average Bonchev–Trinajstić information content (AvgIpc) is 2.89. The number of para-hydroxylation sites is 1. The Labute approximate surface area is 112 Å². The van der Waals surface area contributed by atoms with Crippen molar-refractivity contribution in [2.45, 2.75) is 0 Å². The van der Waals surface area contributed by atoms with Crippen LogP contribution in [-0.4, -0.2) is 30.0 Å². The van der Waals surface area contributed by atoms with Crippen molar-refractivity contribution >= 4 is 24.0 Å². The third-order valence-electron chi connectivity index (χ3n) is 2.48. The van der Waals surface area contributed by atoms with Crippen molar-refractivity contribution in [1.82, 2.24) is 15.0 Å². The minimum absolute atomic E-state index is 0.223. The van der Waals surface area contributed by atoms with E-state index >= 15 is 0 Å². The summed E-state index contributed by atoms with van der Waals surface area (Å²) in [4.78, 5) is 0. The van der Waals surface area contributed by atoms with E-state index in [2.05, 4.69) is 34.6 Å². The van der Waals surface area contributed by atoms with Gasteiger partial charge in [-0.15, -0.1) is 0 Å². The van der Waals surface area contributed by atoms with E-state index in [1.165, 1.54) is 4.46 Å². The summed E-state index contributed by atoms with van der Waals surface area (Å²) in [6.45, 7) is 0. The molecule has 4 heteroatoms. The van der Waals surface area contributed by atoms with Crippen LogP contribution in [0.4, 0.5) is 0 Å². The van der Waals surface area contributed by atoms with Crippen molar-refractivity contribution < 1.29 is 0 Å². The van der Waals surface area contributed by atoms with Crippen LogP contribution in [0.25, 0.3) is 5.69 Å². The van der Waals surface area contributed by atoms with E-state index in [9.17, 15) is 0 Å². The van der Waals surface area contributed by atoms with E-state index < -0.39 is 0 Å². The fourth-order valence-corrected chi connectivity index (χ4v) is 3.46. The van der Waals surface area contributed by atoms with Gasteiger partial charge in [-0.05, 0) is 0 Å². The zero-order chi connectivity index (χ0) is 12.2. The molecule has 18 heavy (non-hydrogen) atoms. The normalized spacial score (nSPS) is 10.4. The van der Waals surface area contributed by atoms with Gasteiger partial charge in [0.25, 0.3) is 0 Å². The molecule has 2 aromatic carbocycles. The molecule has 0 aliphatic rings. The minimum atomic E-state index is 0.223. The molecule has 0 saturated heterocycles. The van der Waals surface area contributed by atoms with Crippen LogP contribution in [0.15, 0.2) is 66.9 Å². The number of hydrogen-bond donors (Lipinski definition) is 0. The standard InChI is InChI=1S/C14H11N3Se/c1-3-7-12(8-4-1)17-14(11-15-16-17)18-13-9-5-2-6-10-13/h1-11H. The molecule has 0 fully saturated rings. The van der Waals surface area contributed by atoms with E-state index in [0.29, 0.717) is 0 Å². The fraction of sp³-hybridized carbons (Fsp3) is 0. The van der Waals surface area contributed by atoms with Crippen LogP contribution in [-0.2, 0) is 0 Å². The Hall–Kier alpha value is -1.90. The van der Waals surface area contributed by atoms with Gasteiger partial charge in [-0.2, -0.15) is 0 Å². The number of aromatic nitrogens is 3. The molecule has 0 atom stereocenters. The van der Waals surface area contributed by atoms with Gasteiger partial charge in [-0.1, -0.05) is 0 Å². The molecule has 0 amide bonds. The van der Waals surface area contributed by atoms with E-state index in [4.69, 9.17) is 0 Å². The quantitative estimate of drug-likeness (QED) is 0.674. The second-order valence-corrected chi connectivity index (χ2v) is 6.03. The van der Waals surface area contributed by atoms with Crippen LogP contribution in [0.5, 0.6) is 0 Å². The van der Waals surface area contributed by atoms with Gasteiger partial charge in [0.05, 0.1) is 0 Å². The van der Waals surface area contributed by atoms with E-state index in [1.807, 2.05) is 47.3 Å². The SMILES string of the molecule is c1ccc([Se]c2cnnn2-c2ccccc2)cc1. The topological polar surface area (TPSA) is 30.7 Å². The van der Waals surface area contributed by atoms with E-state index in [1.54, 1.807) is 0 Å². The molecule has 0 spiro atoms. The maximum absolute atomic E-state index is 4.16. The van der Waals surface area contributed by atoms with E-state index in [0.717, 1.165) is 10.3 Å².